The second-order valence-electron chi connectivity index (χ2n) is 7.61. The highest BCUT2D eigenvalue weighted by molar-refractivity contribution is 6.01. The lowest BCUT2D eigenvalue weighted by atomic mass is 10.1. The minimum Gasteiger partial charge on any atom is -0.489 e. The van der Waals surface area contributed by atoms with E-state index >= 15 is 0 Å². The highest BCUT2D eigenvalue weighted by Crippen LogP contribution is 2.34. The molecule has 0 fully saturated rings. The number of primary amides is 1. The molecule has 2 atom stereocenters. The summed E-state index contributed by atoms with van der Waals surface area (Å²) in [5, 5.41) is 0. The molecule has 8 heteroatoms. The van der Waals surface area contributed by atoms with Gasteiger partial charge in [-0.05, 0) is 30.2 Å². The summed E-state index contributed by atoms with van der Waals surface area (Å²) in [4.78, 5) is 37.8. The Morgan fingerprint density at radius 2 is 2.03 bits per heavy atom. The van der Waals surface area contributed by atoms with E-state index in [1.807, 2.05) is 24.3 Å². The molecule has 2 aromatic carbocycles. The third-order valence-corrected chi connectivity index (χ3v) is 5.65. The third kappa shape index (κ3) is 4.19. The second-order valence-corrected chi connectivity index (χ2v) is 7.61. The SMILES string of the molecule is COC(=O)CCC(C(N)=O)N1Cc2c(OCC3Cc4ccccc4O3)cccc2C1=O. The summed E-state index contributed by atoms with van der Waals surface area (Å²) in [6.45, 7) is 0.520. The van der Waals surface area contributed by atoms with Crippen LogP contribution in [-0.2, 0) is 27.3 Å². The largest absolute Gasteiger partial charge is 0.489 e. The molecule has 0 spiro atoms. The zero-order valence-electron chi connectivity index (χ0n) is 17.2. The van der Waals surface area contributed by atoms with Gasteiger partial charge in [0.1, 0.15) is 30.3 Å². The van der Waals surface area contributed by atoms with E-state index in [1.54, 1.807) is 18.2 Å². The molecular formula is C23H24N2O6. The zero-order valence-corrected chi connectivity index (χ0v) is 17.2. The molecule has 0 bridgehead atoms. The molecule has 0 aliphatic carbocycles. The van der Waals surface area contributed by atoms with Crippen LogP contribution in [0.15, 0.2) is 42.5 Å². The van der Waals surface area contributed by atoms with Gasteiger partial charge in [-0.3, -0.25) is 14.4 Å². The van der Waals surface area contributed by atoms with Gasteiger partial charge in [-0.2, -0.15) is 0 Å². The Bertz CT molecular complexity index is 996. The van der Waals surface area contributed by atoms with E-state index in [1.165, 1.54) is 12.0 Å². The molecule has 4 rings (SSSR count). The highest BCUT2D eigenvalue weighted by Gasteiger charge is 2.37. The minimum absolute atomic E-state index is 0.00678. The van der Waals surface area contributed by atoms with Crippen LogP contribution in [0.5, 0.6) is 11.5 Å². The van der Waals surface area contributed by atoms with Gasteiger partial charge in [0, 0.05) is 24.0 Å². The quantitative estimate of drug-likeness (QED) is 0.648. The Hall–Kier alpha value is -3.55. The maximum atomic E-state index is 12.9. The van der Waals surface area contributed by atoms with Crippen LogP contribution in [0.25, 0.3) is 0 Å². The molecule has 2 aliphatic rings. The molecule has 0 aromatic heterocycles. The highest BCUT2D eigenvalue weighted by atomic mass is 16.5. The van der Waals surface area contributed by atoms with Crippen molar-refractivity contribution in [1.82, 2.24) is 4.90 Å². The van der Waals surface area contributed by atoms with E-state index in [0.29, 0.717) is 23.5 Å². The van der Waals surface area contributed by atoms with E-state index in [-0.39, 0.29) is 31.4 Å². The molecule has 0 saturated heterocycles. The second kappa shape index (κ2) is 8.67. The molecule has 2 amide bonds. The molecule has 0 radical (unpaired) electrons. The number of nitrogens with zero attached hydrogens (tertiary/aromatic N) is 1. The van der Waals surface area contributed by atoms with Gasteiger partial charge in [-0.15, -0.1) is 0 Å². The molecule has 0 saturated carbocycles. The van der Waals surface area contributed by atoms with Crippen molar-refractivity contribution >= 4 is 17.8 Å². The number of benzene rings is 2. The Morgan fingerprint density at radius 3 is 2.77 bits per heavy atom. The van der Waals surface area contributed by atoms with Crippen molar-refractivity contribution in [2.45, 2.75) is 38.0 Å². The number of nitrogens with two attached hydrogens (primary N) is 1. The van der Waals surface area contributed by atoms with E-state index in [2.05, 4.69) is 4.74 Å². The van der Waals surface area contributed by atoms with Crippen LogP contribution in [0.2, 0.25) is 0 Å². The monoisotopic (exact) mass is 424 g/mol. The fourth-order valence-electron chi connectivity index (χ4n) is 4.05. The van der Waals surface area contributed by atoms with Gasteiger partial charge in [0.25, 0.3) is 5.91 Å². The van der Waals surface area contributed by atoms with Crippen LogP contribution in [0, 0.1) is 0 Å². The molecule has 2 N–H and O–H groups in total. The van der Waals surface area contributed by atoms with Crippen molar-refractivity contribution in [2.75, 3.05) is 13.7 Å². The van der Waals surface area contributed by atoms with E-state index in [0.717, 1.165) is 17.7 Å². The van der Waals surface area contributed by atoms with Crippen molar-refractivity contribution in [2.24, 2.45) is 5.73 Å². The molecular weight excluding hydrogens is 400 g/mol. The van der Waals surface area contributed by atoms with Crippen LogP contribution < -0.4 is 15.2 Å². The number of esters is 1. The van der Waals surface area contributed by atoms with Crippen molar-refractivity contribution in [3.05, 3.63) is 59.2 Å². The van der Waals surface area contributed by atoms with Gasteiger partial charge in [-0.25, -0.2) is 0 Å². The smallest absolute Gasteiger partial charge is 0.305 e. The fraction of sp³-hybridized carbons (Fsp3) is 0.348. The number of amides is 2. The summed E-state index contributed by atoms with van der Waals surface area (Å²) < 4.78 is 16.6. The standard InChI is InChI=1S/C23H24N2O6/c1-29-21(26)10-9-18(22(24)27)25-12-17-16(23(25)28)6-4-8-20(17)30-13-15-11-14-5-2-3-7-19(14)31-15/h2-8,15,18H,9-13H2,1H3,(H2,24,27). The average Bonchev–Trinajstić information content (AvgIpc) is 3.33. The first-order chi connectivity index (χ1) is 15.0. The summed E-state index contributed by atoms with van der Waals surface area (Å²) in [5.41, 5.74) is 7.84. The van der Waals surface area contributed by atoms with Crippen molar-refractivity contribution in [3.8, 4) is 11.5 Å². The first-order valence-electron chi connectivity index (χ1n) is 10.1. The molecule has 2 heterocycles. The number of carbonyl (C=O) groups excluding carboxylic acids is 3. The zero-order chi connectivity index (χ0) is 22.0. The van der Waals surface area contributed by atoms with Crippen LogP contribution >= 0.6 is 0 Å². The van der Waals surface area contributed by atoms with Gasteiger partial charge >= 0.3 is 5.97 Å². The first-order valence-corrected chi connectivity index (χ1v) is 10.1. The number of fused-ring (bicyclic) bond motifs is 2. The normalized spacial score (nSPS) is 17.5. The summed E-state index contributed by atoms with van der Waals surface area (Å²) in [7, 11) is 1.27. The maximum absolute atomic E-state index is 12.9. The maximum Gasteiger partial charge on any atom is 0.305 e. The van der Waals surface area contributed by atoms with Gasteiger partial charge in [0.15, 0.2) is 0 Å². The number of hydrogen-bond acceptors (Lipinski definition) is 6. The Labute approximate surface area is 179 Å². The number of hydrogen-bond donors (Lipinski definition) is 1. The van der Waals surface area contributed by atoms with Crippen LogP contribution in [0.4, 0.5) is 0 Å². The van der Waals surface area contributed by atoms with Gasteiger partial charge in [0.2, 0.25) is 5.91 Å². The van der Waals surface area contributed by atoms with Gasteiger partial charge in [-0.1, -0.05) is 24.3 Å². The minimum atomic E-state index is -0.903. The third-order valence-electron chi connectivity index (χ3n) is 5.65. The number of rotatable bonds is 8. The fourth-order valence-corrected chi connectivity index (χ4v) is 4.05. The number of para-hydroxylation sites is 1. The van der Waals surface area contributed by atoms with E-state index in [9.17, 15) is 14.4 Å². The molecule has 2 aromatic rings. The number of ether oxygens (including phenoxy) is 3. The molecule has 162 valence electrons. The Kier molecular flexibility index (Phi) is 5.79. The summed E-state index contributed by atoms with van der Waals surface area (Å²) >= 11 is 0. The predicted octanol–water partition coefficient (Wildman–Crippen LogP) is 1.83. The van der Waals surface area contributed by atoms with Crippen LogP contribution in [0.1, 0.15) is 34.3 Å². The summed E-state index contributed by atoms with van der Waals surface area (Å²) in [5.74, 6) is 0.00928. The molecule has 8 nitrogen and oxygen atoms in total. The molecule has 2 aliphatic heterocycles. The van der Waals surface area contributed by atoms with Gasteiger partial charge < -0.3 is 24.8 Å². The number of methoxy groups -OCH3 is 1. The predicted molar refractivity (Wildman–Crippen MR) is 111 cm³/mol. The molecule has 31 heavy (non-hydrogen) atoms. The van der Waals surface area contributed by atoms with Crippen LogP contribution in [0.3, 0.4) is 0 Å². The van der Waals surface area contributed by atoms with Gasteiger partial charge in [0.05, 0.1) is 13.7 Å². The summed E-state index contributed by atoms with van der Waals surface area (Å²) in [6.07, 6.45) is 0.743. The lowest BCUT2D eigenvalue weighted by Crippen LogP contribution is -2.45. The average molecular weight is 424 g/mol. The topological polar surface area (TPSA) is 108 Å². The van der Waals surface area contributed by atoms with E-state index in [4.69, 9.17) is 15.2 Å². The Morgan fingerprint density at radius 1 is 1.23 bits per heavy atom. The number of carbonyl (C=O) groups is 3. The molecule has 2 unspecified atom stereocenters. The van der Waals surface area contributed by atoms with Crippen molar-refractivity contribution in [1.29, 1.82) is 0 Å². The lowest BCUT2D eigenvalue weighted by molar-refractivity contribution is -0.141. The van der Waals surface area contributed by atoms with Crippen molar-refractivity contribution < 1.29 is 28.6 Å². The van der Waals surface area contributed by atoms with E-state index < -0.39 is 17.9 Å². The Balaban J connectivity index is 1.45. The van der Waals surface area contributed by atoms with Crippen LogP contribution in [-0.4, -0.2) is 48.5 Å². The van der Waals surface area contributed by atoms with Crippen molar-refractivity contribution in [3.63, 3.8) is 0 Å². The first kappa shape index (κ1) is 20.7. The summed E-state index contributed by atoms with van der Waals surface area (Å²) in [6, 6.07) is 12.2. The lowest BCUT2D eigenvalue weighted by Gasteiger charge is -2.24.